The summed E-state index contributed by atoms with van der Waals surface area (Å²) in [5, 5.41) is 0. The van der Waals surface area contributed by atoms with Crippen LogP contribution >= 0.6 is 23.2 Å². The Bertz CT molecular complexity index is 1040. The second kappa shape index (κ2) is 50.7. The van der Waals surface area contributed by atoms with Crippen LogP contribution in [-0.4, -0.2) is 37.6 Å². The molecule has 0 radical (unpaired) electrons. The van der Waals surface area contributed by atoms with Gasteiger partial charge in [0.2, 0.25) is 0 Å². The molecule has 0 aromatic heterocycles. The van der Waals surface area contributed by atoms with Crippen LogP contribution in [0.1, 0.15) is 328 Å². The van der Waals surface area contributed by atoms with Crippen molar-refractivity contribution in [2.75, 3.05) is 25.0 Å². The van der Waals surface area contributed by atoms with E-state index in [0.29, 0.717) is 0 Å². The molecule has 0 aliphatic heterocycles. The maximum absolute atomic E-state index is 6.98. The predicted molar refractivity (Wildman–Crippen MR) is 330 cm³/mol. The third-order valence-corrected chi connectivity index (χ3v) is 17.4. The molecule has 0 spiro atoms. The Hall–Kier alpha value is 0.460. The van der Waals surface area contributed by atoms with Crippen molar-refractivity contribution in [3.05, 3.63) is 0 Å². The highest BCUT2D eigenvalue weighted by molar-refractivity contribution is 6.18. The molecule has 0 bridgehead atoms. The number of hydrogen-bond acceptors (Lipinski definition) is 3. The van der Waals surface area contributed by atoms with E-state index in [4.69, 9.17) is 37.4 Å². The van der Waals surface area contributed by atoms with E-state index in [2.05, 4.69) is 96.9 Å². The minimum atomic E-state index is -0.173. The highest BCUT2D eigenvalue weighted by Crippen LogP contribution is 2.33. The van der Waals surface area contributed by atoms with E-state index in [9.17, 15) is 0 Å². The van der Waals surface area contributed by atoms with Gasteiger partial charge in [0.25, 0.3) is 0 Å². The first-order chi connectivity index (χ1) is 35.0. The van der Waals surface area contributed by atoms with E-state index >= 15 is 0 Å². The molecule has 0 amide bonds. The number of unbranched alkanes of at least 4 members (excludes halogenated alkanes) is 14. The van der Waals surface area contributed by atoms with Crippen LogP contribution in [0.25, 0.3) is 0 Å². The largest absolute Gasteiger partial charge is 0.353 e. The highest BCUT2D eigenvalue weighted by atomic mass is 35.5. The fourth-order valence-electron chi connectivity index (χ4n) is 13.7. The molecule has 0 rings (SSSR count). The van der Waals surface area contributed by atoms with Gasteiger partial charge in [-0.2, -0.15) is 0 Å². The van der Waals surface area contributed by atoms with Gasteiger partial charge in [0.1, 0.15) is 0 Å². The second-order valence-corrected chi connectivity index (χ2v) is 27.6. The molecule has 14 unspecified atom stereocenters. The Morgan fingerprint density at radius 1 is 0.247 bits per heavy atom. The van der Waals surface area contributed by atoms with Crippen LogP contribution in [0.5, 0.6) is 0 Å². The van der Waals surface area contributed by atoms with Crippen molar-refractivity contribution in [1.82, 2.24) is 0 Å². The first kappa shape index (κ1) is 73.5. The summed E-state index contributed by atoms with van der Waals surface area (Å²) in [6.07, 6.45) is 45.9. The zero-order chi connectivity index (χ0) is 54.5. The van der Waals surface area contributed by atoms with Crippen molar-refractivity contribution in [3.8, 4) is 0 Å². The Morgan fingerprint density at radius 3 is 0.712 bits per heavy atom. The molecule has 14 atom stereocenters. The summed E-state index contributed by atoms with van der Waals surface area (Å²) < 4.78 is 20.4. The molecule has 0 aliphatic rings. The standard InChI is InChI=1S/C68H136Cl2O3/c1-15-17-19-21-23-25-27-29-43-71-67(39-31-35-55(3)45-59(7)49-63(11)53-65(13)51-61(9)47-57(5)37-33-41-69)73-68(72-44-30-28-26-24-22-20-18-16-2)40-32-36-56(4)46-60(8)50-64(12)54-66(14)52-62(10)48-58(6)38-34-42-70/h55-68H,15-54H2,1-14H3. The number of rotatable bonds is 56. The molecule has 0 aromatic rings. The van der Waals surface area contributed by atoms with Gasteiger partial charge in [0.15, 0.2) is 12.6 Å². The van der Waals surface area contributed by atoms with Crippen molar-refractivity contribution in [2.24, 2.45) is 71.0 Å². The molecule has 0 N–H and O–H groups in total. The van der Waals surface area contributed by atoms with Gasteiger partial charge in [-0.05, 0) is 199 Å². The molecule has 73 heavy (non-hydrogen) atoms. The van der Waals surface area contributed by atoms with Crippen molar-refractivity contribution < 1.29 is 14.2 Å². The van der Waals surface area contributed by atoms with Gasteiger partial charge in [-0.25, -0.2) is 0 Å². The predicted octanol–water partition coefficient (Wildman–Crippen LogP) is 23.9. The van der Waals surface area contributed by atoms with E-state index in [1.165, 1.54) is 180 Å². The van der Waals surface area contributed by atoms with Gasteiger partial charge in [-0.3, -0.25) is 0 Å². The molecule has 0 heterocycles. The van der Waals surface area contributed by atoms with Crippen molar-refractivity contribution in [3.63, 3.8) is 0 Å². The lowest BCUT2D eigenvalue weighted by Gasteiger charge is -2.27. The summed E-state index contributed by atoms with van der Waals surface area (Å²) in [6.45, 7) is 36.1. The Labute approximate surface area is 471 Å². The first-order valence-corrected chi connectivity index (χ1v) is 34.1. The van der Waals surface area contributed by atoms with E-state index in [-0.39, 0.29) is 12.6 Å². The molecule has 0 saturated carbocycles. The molecule has 0 fully saturated rings. The van der Waals surface area contributed by atoms with E-state index in [1.54, 1.807) is 0 Å². The first-order valence-electron chi connectivity index (χ1n) is 33.0. The van der Waals surface area contributed by atoms with Gasteiger partial charge < -0.3 is 14.2 Å². The summed E-state index contributed by atoms with van der Waals surface area (Å²) in [6, 6.07) is 0. The molecule has 0 aliphatic carbocycles. The minimum Gasteiger partial charge on any atom is -0.353 e. The Balaban J connectivity index is 5.44. The summed E-state index contributed by atoms with van der Waals surface area (Å²) in [5.74, 6) is 11.0. The fourth-order valence-corrected chi connectivity index (χ4v) is 14.0. The maximum atomic E-state index is 6.98. The molecule has 5 heteroatoms. The molecule has 0 aromatic carbocycles. The third-order valence-electron chi connectivity index (χ3n) is 16.9. The maximum Gasteiger partial charge on any atom is 0.160 e. The van der Waals surface area contributed by atoms with Gasteiger partial charge in [-0.1, -0.05) is 200 Å². The number of ether oxygens (including phenoxy) is 3. The monoisotopic (exact) mass is 1070 g/mol. The van der Waals surface area contributed by atoms with Crippen LogP contribution < -0.4 is 0 Å². The minimum absolute atomic E-state index is 0.173. The summed E-state index contributed by atoms with van der Waals surface area (Å²) in [7, 11) is 0. The van der Waals surface area contributed by atoms with Crippen LogP contribution in [0, 0.1) is 71.0 Å². The van der Waals surface area contributed by atoms with Crippen LogP contribution in [0.3, 0.4) is 0 Å². The second-order valence-electron chi connectivity index (χ2n) is 26.8. The van der Waals surface area contributed by atoms with Crippen LogP contribution in [0.2, 0.25) is 0 Å². The summed E-state index contributed by atoms with van der Waals surface area (Å²) in [4.78, 5) is 0. The quantitative estimate of drug-likeness (QED) is 0.0345. The van der Waals surface area contributed by atoms with Crippen LogP contribution in [0.15, 0.2) is 0 Å². The normalized spacial score (nSPS) is 18.1. The van der Waals surface area contributed by atoms with Crippen LogP contribution in [0.4, 0.5) is 0 Å². The van der Waals surface area contributed by atoms with Crippen molar-refractivity contribution >= 4 is 23.2 Å². The van der Waals surface area contributed by atoms with Gasteiger partial charge in [0, 0.05) is 25.0 Å². The Kier molecular flexibility index (Phi) is 51.0. The zero-order valence-corrected chi connectivity index (χ0v) is 53.9. The smallest absolute Gasteiger partial charge is 0.160 e. The van der Waals surface area contributed by atoms with Crippen molar-refractivity contribution in [2.45, 2.75) is 341 Å². The Morgan fingerprint density at radius 2 is 0.466 bits per heavy atom. The van der Waals surface area contributed by atoms with Crippen molar-refractivity contribution in [1.29, 1.82) is 0 Å². The average molecular weight is 1070 g/mol. The zero-order valence-electron chi connectivity index (χ0n) is 52.3. The average Bonchev–Trinajstić information content (AvgIpc) is 3.30. The highest BCUT2D eigenvalue weighted by Gasteiger charge is 2.23. The van der Waals surface area contributed by atoms with E-state index in [1.807, 2.05) is 0 Å². The van der Waals surface area contributed by atoms with E-state index in [0.717, 1.165) is 147 Å². The fraction of sp³-hybridized carbons (Fsp3) is 1.00. The summed E-state index contributed by atoms with van der Waals surface area (Å²) >= 11 is 12.0. The van der Waals surface area contributed by atoms with Gasteiger partial charge in [0.05, 0.1) is 0 Å². The topological polar surface area (TPSA) is 27.7 Å². The molecule has 0 saturated heterocycles. The van der Waals surface area contributed by atoms with Crippen LogP contribution in [-0.2, 0) is 14.2 Å². The molecular formula is C68H136Cl2O3. The van der Waals surface area contributed by atoms with Gasteiger partial charge >= 0.3 is 0 Å². The SMILES string of the molecule is CCCCCCCCCCOC(CCCC(C)CC(C)CC(C)CC(C)CC(C)CC(C)CCCCl)OC(CCCC(C)CC(C)CC(C)CC(C)CC(C)CC(C)CCCCl)OCCCCCCCCCC. The van der Waals surface area contributed by atoms with Gasteiger partial charge in [-0.15, -0.1) is 23.2 Å². The lowest BCUT2D eigenvalue weighted by Crippen LogP contribution is -2.28. The number of halogens is 2. The summed E-state index contributed by atoms with van der Waals surface area (Å²) in [5.41, 5.74) is 0. The number of alkyl halides is 2. The lowest BCUT2D eigenvalue weighted by molar-refractivity contribution is -0.250. The molecular weight excluding hydrogens is 936 g/mol. The third kappa shape index (κ3) is 48.1. The van der Waals surface area contributed by atoms with E-state index < -0.39 is 0 Å². The molecule has 440 valence electrons. The lowest BCUT2D eigenvalue weighted by atomic mass is 9.81. The molecule has 3 nitrogen and oxygen atoms in total. The number of hydrogen-bond donors (Lipinski definition) is 0.